The molecule has 0 saturated heterocycles. The van der Waals surface area contributed by atoms with Gasteiger partial charge in [0.05, 0.1) is 15.9 Å². The minimum absolute atomic E-state index is 0.399. The van der Waals surface area contributed by atoms with E-state index in [1.165, 1.54) is 35.8 Å². The highest BCUT2D eigenvalue weighted by Crippen LogP contribution is 2.29. The molecule has 2 unspecified atom stereocenters. The van der Waals surface area contributed by atoms with E-state index in [1.807, 2.05) is 18.7 Å². The van der Waals surface area contributed by atoms with E-state index >= 15 is 0 Å². The van der Waals surface area contributed by atoms with Gasteiger partial charge in [0.15, 0.2) is 0 Å². The van der Waals surface area contributed by atoms with Crippen LogP contribution >= 0.6 is 15.9 Å². The molecule has 0 radical (unpaired) electrons. The van der Waals surface area contributed by atoms with Crippen molar-refractivity contribution in [3.63, 3.8) is 0 Å². The molecule has 1 aromatic rings. The van der Waals surface area contributed by atoms with Crippen molar-refractivity contribution in [1.82, 2.24) is 9.78 Å². The average Bonchev–Trinajstić information content (AvgIpc) is 2.46. The molecule has 1 aliphatic carbocycles. The zero-order valence-corrected chi connectivity index (χ0v) is 12.3. The van der Waals surface area contributed by atoms with Crippen molar-refractivity contribution < 1.29 is 0 Å². The van der Waals surface area contributed by atoms with Crippen LogP contribution in [0.25, 0.3) is 0 Å². The summed E-state index contributed by atoms with van der Waals surface area (Å²) in [6.45, 7) is 2.05. The van der Waals surface area contributed by atoms with Crippen molar-refractivity contribution in [2.24, 2.45) is 18.7 Å². The van der Waals surface area contributed by atoms with Gasteiger partial charge in [0.1, 0.15) is 0 Å². The lowest BCUT2D eigenvalue weighted by Crippen LogP contribution is -2.22. The van der Waals surface area contributed by atoms with Crippen molar-refractivity contribution in [1.29, 1.82) is 0 Å². The zero-order valence-electron chi connectivity index (χ0n) is 10.7. The molecule has 1 saturated carbocycles. The first kappa shape index (κ1) is 13.1. The van der Waals surface area contributed by atoms with Gasteiger partial charge in [-0.15, -0.1) is 0 Å². The predicted molar refractivity (Wildman–Crippen MR) is 73.9 cm³/mol. The van der Waals surface area contributed by atoms with Crippen LogP contribution in [0, 0.1) is 12.8 Å². The normalized spacial score (nSPS) is 25.9. The Bertz CT molecular complexity index is 386. The molecular formula is C13H22BrN3. The maximum absolute atomic E-state index is 6.13. The molecule has 1 fully saturated rings. The van der Waals surface area contributed by atoms with E-state index in [9.17, 15) is 0 Å². The van der Waals surface area contributed by atoms with Gasteiger partial charge >= 0.3 is 0 Å². The molecule has 0 aliphatic heterocycles. The number of aryl methyl sites for hydroxylation is 2. The van der Waals surface area contributed by atoms with Crippen LogP contribution < -0.4 is 5.73 Å². The summed E-state index contributed by atoms with van der Waals surface area (Å²) >= 11 is 3.65. The van der Waals surface area contributed by atoms with Crippen molar-refractivity contribution in [2.75, 3.05) is 0 Å². The van der Waals surface area contributed by atoms with Gasteiger partial charge in [0, 0.05) is 13.1 Å². The SMILES string of the molecule is Cc1nn(C)c(CC2CCCCC(N)C2)c1Br. The van der Waals surface area contributed by atoms with Crippen LogP contribution in [-0.4, -0.2) is 15.8 Å². The predicted octanol–water partition coefficient (Wildman–Crippen LogP) is 2.94. The molecule has 1 aromatic heterocycles. The van der Waals surface area contributed by atoms with Gasteiger partial charge in [-0.05, 0) is 48.0 Å². The molecule has 96 valence electrons. The van der Waals surface area contributed by atoms with E-state index in [-0.39, 0.29) is 0 Å². The first-order valence-corrected chi connectivity index (χ1v) is 7.30. The summed E-state index contributed by atoms with van der Waals surface area (Å²) in [6, 6.07) is 0.399. The molecule has 17 heavy (non-hydrogen) atoms. The minimum Gasteiger partial charge on any atom is -0.328 e. The lowest BCUT2D eigenvalue weighted by atomic mass is 9.93. The third-order valence-corrected chi connectivity index (χ3v) is 4.85. The lowest BCUT2D eigenvalue weighted by molar-refractivity contribution is 0.420. The summed E-state index contributed by atoms with van der Waals surface area (Å²) in [5.74, 6) is 0.721. The van der Waals surface area contributed by atoms with Gasteiger partial charge in [-0.1, -0.05) is 19.3 Å². The number of nitrogens with zero attached hydrogens (tertiary/aromatic N) is 2. The average molecular weight is 300 g/mol. The highest BCUT2D eigenvalue weighted by molar-refractivity contribution is 9.10. The van der Waals surface area contributed by atoms with Gasteiger partial charge in [0.2, 0.25) is 0 Å². The lowest BCUT2D eigenvalue weighted by Gasteiger charge is -2.17. The van der Waals surface area contributed by atoms with Crippen LogP contribution in [0.5, 0.6) is 0 Å². The Morgan fingerprint density at radius 2 is 2.12 bits per heavy atom. The topological polar surface area (TPSA) is 43.8 Å². The molecule has 4 heteroatoms. The number of hydrogen-bond acceptors (Lipinski definition) is 2. The fraction of sp³-hybridized carbons (Fsp3) is 0.769. The Morgan fingerprint density at radius 1 is 1.41 bits per heavy atom. The Morgan fingerprint density at radius 3 is 2.76 bits per heavy atom. The Kier molecular flexibility index (Phi) is 4.26. The van der Waals surface area contributed by atoms with Gasteiger partial charge in [-0.25, -0.2) is 0 Å². The van der Waals surface area contributed by atoms with E-state index in [0.717, 1.165) is 24.5 Å². The summed E-state index contributed by atoms with van der Waals surface area (Å²) in [5, 5.41) is 4.46. The zero-order chi connectivity index (χ0) is 12.4. The van der Waals surface area contributed by atoms with Crippen LogP contribution in [0.15, 0.2) is 4.47 Å². The second-order valence-corrected chi connectivity index (χ2v) is 6.11. The maximum atomic E-state index is 6.13. The van der Waals surface area contributed by atoms with Gasteiger partial charge in [-0.3, -0.25) is 4.68 Å². The van der Waals surface area contributed by atoms with Crippen molar-refractivity contribution in [3.05, 3.63) is 15.9 Å². The number of aromatic nitrogens is 2. The number of hydrogen-bond donors (Lipinski definition) is 1. The Balaban J connectivity index is 2.08. The summed E-state index contributed by atoms with van der Waals surface area (Å²) in [4.78, 5) is 0. The fourth-order valence-corrected chi connectivity index (χ4v) is 3.36. The molecule has 1 aliphatic rings. The van der Waals surface area contributed by atoms with Crippen molar-refractivity contribution in [2.45, 2.75) is 51.5 Å². The molecule has 0 spiro atoms. The quantitative estimate of drug-likeness (QED) is 0.853. The fourth-order valence-electron chi connectivity index (χ4n) is 2.86. The maximum Gasteiger partial charge on any atom is 0.0738 e. The largest absolute Gasteiger partial charge is 0.328 e. The third-order valence-electron chi connectivity index (χ3n) is 3.82. The van der Waals surface area contributed by atoms with Gasteiger partial charge in [-0.2, -0.15) is 5.10 Å². The monoisotopic (exact) mass is 299 g/mol. The van der Waals surface area contributed by atoms with E-state index in [2.05, 4.69) is 21.0 Å². The second-order valence-electron chi connectivity index (χ2n) is 5.32. The van der Waals surface area contributed by atoms with E-state index in [4.69, 9.17) is 5.73 Å². The van der Waals surface area contributed by atoms with E-state index in [0.29, 0.717) is 6.04 Å². The minimum atomic E-state index is 0.399. The van der Waals surface area contributed by atoms with Crippen LogP contribution in [0.2, 0.25) is 0 Å². The van der Waals surface area contributed by atoms with Gasteiger partial charge in [0.25, 0.3) is 0 Å². The Hall–Kier alpha value is -0.350. The number of rotatable bonds is 2. The first-order chi connectivity index (χ1) is 8.08. The van der Waals surface area contributed by atoms with E-state index in [1.54, 1.807) is 0 Å². The number of nitrogens with two attached hydrogens (primary N) is 1. The Labute approximate surface area is 112 Å². The molecule has 0 bridgehead atoms. The van der Waals surface area contributed by atoms with Gasteiger partial charge < -0.3 is 5.73 Å². The highest BCUT2D eigenvalue weighted by atomic mass is 79.9. The molecule has 2 atom stereocenters. The molecule has 0 amide bonds. The first-order valence-electron chi connectivity index (χ1n) is 6.51. The van der Waals surface area contributed by atoms with Crippen molar-refractivity contribution >= 4 is 15.9 Å². The number of halogens is 1. The summed E-state index contributed by atoms with van der Waals surface area (Å²) in [5.41, 5.74) is 8.53. The molecular weight excluding hydrogens is 278 g/mol. The van der Waals surface area contributed by atoms with Crippen LogP contribution in [0.3, 0.4) is 0 Å². The summed E-state index contributed by atoms with van der Waals surface area (Å²) < 4.78 is 3.19. The summed E-state index contributed by atoms with van der Waals surface area (Å²) in [6.07, 6.45) is 7.39. The van der Waals surface area contributed by atoms with E-state index < -0.39 is 0 Å². The van der Waals surface area contributed by atoms with Crippen molar-refractivity contribution in [3.8, 4) is 0 Å². The molecule has 1 heterocycles. The molecule has 2 rings (SSSR count). The van der Waals surface area contributed by atoms with Crippen LogP contribution in [-0.2, 0) is 13.5 Å². The third kappa shape index (κ3) is 3.10. The highest BCUT2D eigenvalue weighted by Gasteiger charge is 2.21. The van der Waals surface area contributed by atoms with Crippen LogP contribution in [0.4, 0.5) is 0 Å². The second kappa shape index (κ2) is 5.53. The molecule has 2 N–H and O–H groups in total. The summed E-state index contributed by atoms with van der Waals surface area (Å²) in [7, 11) is 2.03. The smallest absolute Gasteiger partial charge is 0.0738 e. The molecule has 0 aromatic carbocycles. The standard InChI is InChI=1S/C13H22BrN3/c1-9-13(14)12(17(2)16-9)8-10-5-3-4-6-11(15)7-10/h10-11H,3-8,15H2,1-2H3. The van der Waals surface area contributed by atoms with Crippen LogP contribution in [0.1, 0.15) is 43.5 Å². The molecule has 3 nitrogen and oxygen atoms in total.